The molecule has 0 aliphatic heterocycles. The fourth-order valence-corrected chi connectivity index (χ4v) is 10.8. The van der Waals surface area contributed by atoms with Crippen LogP contribution in [0.3, 0.4) is 0 Å². The lowest BCUT2D eigenvalue weighted by molar-refractivity contribution is -0.137. The zero-order valence-electron chi connectivity index (χ0n) is 20.0. The van der Waals surface area contributed by atoms with Crippen molar-refractivity contribution in [1.82, 2.24) is 0 Å². The van der Waals surface area contributed by atoms with Gasteiger partial charge in [-0.25, -0.2) is 0 Å². The van der Waals surface area contributed by atoms with Crippen LogP contribution in [0, 0.1) is 0 Å². The third kappa shape index (κ3) is 11.2. The Morgan fingerprint density at radius 3 is 1.83 bits per heavy atom. The number of unbranched alkanes of at least 4 members (excludes halogenated alkanes) is 3. The molecule has 172 valence electrons. The van der Waals surface area contributed by atoms with Gasteiger partial charge < -0.3 is 5.11 Å². The predicted molar refractivity (Wildman–Crippen MR) is 138 cm³/mol. The molecule has 0 radical (unpaired) electrons. The van der Waals surface area contributed by atoms with Crippen LogP contribution < -0.4 is 0 Å². The largest absolute Gasteiger partial charge is 0.481 e. The number of hydrogen-bond acceptors (Lipinski definition) is 2. The van der Waals surface area contributed by atoms with E-state index in [0.29, 0.717) is 0 Å². The van der Waals surface area contributed by atoms with Crippen LogP contribution in [0.2, 0.25) is 0 Å². The molecule has 0 amide bonds. The van der Waals surface area contributed by atoms with E-state index in [9.17, 15) is 9.90 Å². The van der Waals surface area contributed by atoms with Gasteiger partial charge in [-0.3, -0.25) is 4.79 Å². The van der Waals surface area contributed by atoms with Gasteiger partial charge in [0.2, 0.25) is 0 Å². The van der Waals surface area contributed by atoms with Gasteiger partial charge in [0, 0.05) is 23.3 Å². The van der Waals surface area contributed by atoms with E-state index in [1.165, 1.54) is 74.5 Å². The van der Waals surface area contributed by atoms with Crippen molar-refractivity contribution in [2.24, 2.45) is 0 Å². The summed E-state index contributed by atoms with van der Waals surface area (Å²) in [5.41, 5.74) is 0. The first-order valence-electron chi connectivity index (χ1n) is 12.2. The number of carbonyl (C=O) groups is 1. The van der Waals surface area contributed by atoms with Gasteiger partial charge in [0.15, 0.2) is 0 Å². The molecule has 1 atom stereocenters. The molecule has 4 heteroatoms. The van der Waals surface area contributed by atoms with E-state index in [4.69, 9.17) is 0 Å². The molecule has 0 saturated heterocycles. The van der Waals surface area contributed by atoms with Crippen LogP contribution in [0.5, 0.6) is 0 Å². The third-order valence-electron chi connectivity index (χ3n) is 6.27. The number of rotatable bonds is 18. The molecule has 0 aliphatic carbocycles. The summed E-state index contributed by atoms with van der Waals surface area (Å²) in [6, 6.07) is 10.5. The molecule has 1 unspecified atom stereocenters. The van der Waals surface area contributed by atoms with E-state index in [1.54, 1.807) is 0 Å². The molecular formula is C26H46O2PS+. The minimum absolute atomic E-state index is 0.00429. The normalized spacial score (nSPS) is 13.9. The smallest absolute Gasteiger partial charge is 0.303 e. The van der Waals surface area contributed by atoms with Crippen LogP contribution in [0.25, 0.3) is 0 Å². The van der Waals surface area contributed by atoms with Gasteiger partial charge >= 0.3 is 5.97 Å². The second-order valence-corrected chi connectivity index (χ2v) is 15.3. The summed E-state index contributed by atoms with van der Waals surface area (Å²) in [6.45, 7) is 9.27. The molecule has 1 N–H and O–H groups in total. The average Bonchev–Trinajstić information content (AvgIpc) is 2.74. The first kappa shape index (κ1) is 27.5. The first-order chi connectivity index (χ1) is 14.4. The zero-order chi connectivity index (χ0) is 22.3. The van der Waals surface area contributed by atoms with Crippen molar-refractivity contribution < 1.29 is 9.90 Å². The van der Waals surface area contributed by atoms with Crippen molar-refractivity contribution in [1.29, 1.82) is 0 Å². The zero-order valence-corrected chi connectivity index (χ0v) is 21.7. The number of thioether (sulfide) groups is 1. The van der Waals surface area contributed by atoms with Crippen molar-refractivity contribution in [3.63, 3.8) is 0 Å². The molecule has 1 aromatic carbocycles. The van der Waals surface area contributed by atoms with Gasteiger partial charge in [-0.2, -0.15) is 0 Å². The van der Waals surface area contributed by atoms with Gasteiger partial charge in [0.1, 0.15) is 0 Å². The van der Waals surface area contributed by atoms with Crippen molar-refractivity contribution in [3.8, 4) is 0 Å². The first-order valence-corrected chi connectivity index (χ1v) is 15.5. The van der Waals surface area contributed by atoms with Gasteiger partial charge in [0.05, 0.1) is 24.6 Å². The number of hydrogen-bond donors (Lipinski definition) is 1. The Bertz CT molecular complexity index is 556. The van der Waals surface area contributed by atoms with Gasteiger partial charge in [-0.15, -0.1) is 11.8 Å². The highest BCUT2D eigenvalue weighted by molar-refractivity contribution is 8.00. The lowest BCUT2D eigenvalue weighted by atomic mass is 9.99. The van der Waals surface area contributed by atoms with E-state index in [0.717, 1.165) is 12.8 Å². The van der Waals surface area contributed by atoms with Gasteiger partial charge in [0.25, 0.3) is 0 Å². The number of carboxylic acid groups (broad SMARTS) is 1. The molecule has 1 rings (SSSR count). The Hall–Kier alpha value is -0.530. The standard InChI is InChI=1S/C26H45O2PS/c1-5-8-20-29(21-9-6-2,22-10-7-3)23-14-18-26(4,19-17-25(27)28)30-24-15-12-11-13-16-24/h11-13,15-16H,5-10,14,17-23H2,1-4H3/p+1. The summed E-state index contributed by atoms with van der Waals surface area (Å²) in [5.74, 6) is -0.675. The molecule has 0 fully saturated rings. The lowest BCUT2D eigenvalue weighted by Gasteiger charge is -2.32. The highest BCUT2D eigenvalue weighted by Crippen LogP contribution is 2.61. The molecular weight excluding hydrogens is 407 g/mol. The average molecular weight is 454 g/mol. The molecule has 0 bridgehead atoms. The minimum atomic E-state index is -0.878. The number of benzene rings is 1. The summed E-state index contributed by atoms with van der Waals surface area (Å²) < 4.78 is -0.00429. The van der Waals surface area contributed by atoms with Crippen molar-refractivity contribution in [3.05, 3.63) is 30.3 Å². The molecule has 0 aromatic heterocycles. The van der Waals surface area contributed by atoms with E-state index < -0.39 is 13.2 Å². The Morgan fingerprint density at radius 1 is 0.867 bits per heavy atom. The van der Waals surface area contributed by atoms with Gasteiger partial charge in [-0.05, 0) is 50.7 Å². The summed E-state index contributed by atoms with van der Waals surface area (Å²) >= 11 is 1.89. The summed E-state index contributed by atoms with van der Waals surface area (Å²) in [7, 11) is -0.878. The van der Waals surface area contributed by atoms with Crippen LogP contribution in [0.15, 0.2) is 35.2 Å². The molecule has 30 heavy (non-hydrogen) atoms. The Morgan fingerprint density at radius 2 is 1.37 bits per heavy atom. The quantitative estimate of drug-likeness (QED) is 0.179. The maximum atomic E-state index is 11.3. The van der Waals surface area contributed by atoms with E-state index in [-0.39, 0.29) is 11.2 Å². The molecule has 0 heterocycles. The second-order valence-electron chi connectivity index (χ2n) is 9.16. The Labute approximate surface area is 191 Å². The minimum Gasteiger partial charge on any atom is -0.481 e. The molecule has 0 saturated carbocycles. The molecule has 1 aromatic rings. The monoisotopic (exact) mass is 453 g/mol. The van der Waals surface area contributed by atoms with Crippen LogP contribution in [0.4, 0.5) is 0 Å². The van der Waals surface area contributed by atoms with Crippen molar-refractivity contribution in [2.75, 3.05) is 24.6 Å². The third-order valence-corrected chi connectivity index (χ3v) is 12.7. The molecule has 0 aliphatic rings. The summed E-state index contributed by atoms with van der Waals surface area (Å²) in [6.07, 6.45) is 17.3. The highest BCUT2D eigenvalue weighted by Gasteiger charge is 2.36. The SMILES string of the molecule is CCCC[P+](CCCC)(CCCC)CCCC(C)(CCC(=O)O)Sc1ccccc1. The number of aliphatic carboxylic acids is 1. The highest BCUT2D eigenvalue weighted by atomic mass is 32.2. The van der Waals surface area contributed by atoms with E-state index in [1.807, 2.05) is 17.8 Å². The Kier molecular flexibility index (Phi) is 14.0. The summed E-state index contributed by atoms with van der Waals surface area (Å²) in [4.78, 5) is 12.5. The Balaban J connectivity index is 2.85. The number of carboxylic acids is 1. The molecule has 0 spiro atoms. The topological polar surface area (TPSA) is 37.3 Å². The fourth-order valence-electron chi connectivity index (χ4n) is 4.31. The van der Waals surface area contributed by atoms with Gasteiger partial charge in [-0.1, -0.05) is 65.2 Å². The second kappa shape index (κ2) is 15.3. The van der Waals surface area contributed by atoms with Crippen LogP contribution in [-0.2, 0) is 4.79 Å². The van der Waals surface area contributed by atoms with E-state index in [2.05, 4.69) is 52.0 Å². The fraction of sp³-hybridized carbons (Fsp3) is 0.731. The van der Waals surface area contributed by atoms with Crippen molar-refractivity contribution in [2.45, 2.75) is 102 Å². The van der Waals surface area contributed by atoms with Crippen LogP contribution in [-0.4, -0.2) is 40.5 Å². The van der Waals surface area contributed by atoms with Crippen LogP contribution in [0.1, 0.15) is 91.9 Å². The maximum Gasteiger partial charge on any atom is 0.303 e. The van der Waals surface area contributed by atoms with E-state index >= 15 is 0 Å². The lowest BCUT2D eigenvalue weighted by Crippen LogP contribution is -2.23. The maximum absolute atomic E-state index is 11.3. The van der Waals surface area contributed by atoms with Crippen molar-refractivity contribution >= 4 is 25.0 Å². The predicted octanol–water partition coefficient (Wildman–Crippen LogP) is 8.60. The molecule has 2 nitrogen and oxygen atoms in total. The summed E-state index contributed by atoms with van der Waals surface area (Å²) in [5, 5.41) is 9.29. The van der Waals surface area contributed by atoms with Crippen LogP contribution >= 0.6 is 19.0 Å².